The first-order valence-corrected chi connectivity index (χ1v) is 6.34. The predicted molar refractivity (Wildman–Crippen MR) is 67.4 cm³/mol. The van der Waals surface area contributed by atoms with Crippen molar-refractivity contribution in [2.24, 2.45) is 0 Å². The van der Waals surface area contributed by atoms with Crippen LogP contribution < -0.4 is 10.1 Å². The van der Waals surface area contributed by atoms with E-state index >= 15 is 0 Å². The third-order valence-electron chi connectivity index (χ3n) is 3.82. The van der Waals surface area contributed by atoms with Gasteiger partial charge in [-0.15, -0.1) is 0 Å². The lowest BCUT2D eigenvalue weighted by molar-refractivity contribution is 0.255. The summed E-state index contributed by atoms with van der Waals surface area (Å²) in [5.74, 6) is 1.08. The van der Waals surface area contributed by atoms with Crippen LogP contribution in [-0.4, -0.2) is 17.2 Å². The maximum Gasteiger partial charge on any atom is 0.123 e. The number of hydrogen-bond acceptors (Lipinski definition) is 2. The molecule has 4 rings (SSSR count). The molecule has 0 saturated carbocycles. The van der Waals surface area contributed by atoms with Crippen molar-refractivity contribution < 1.29 is 4.74 Å². The van der Waals surface area contributed by atoms with Gasteiger partial charge in [0.15, 0.2) is 0 Å². The quantitative estimate of drug-likeness (QED) is 0.747. The van der Waals surface area contributed by atoms with Crippen molar-refractivity contribution in [3.8, 4) is 5.75 Å². The molecule has 0 bridgehead atoms. The first-order valence-electron chi connectivity index (χ1n) is 6.34. The van der Waals surface area contributed by atoms with E-state index in [1.54, 1.807) is 0 Å². The van der Waals surface area contributed by atoms with E-state index < -0.39 is 0 Å². The predicted octanol–water partition coefficient (Wildman–Crippen LogP) is 2.07. The van der Waals surface area contributed by atoms with Gasteiger partial charge in [0.05, 0.1) is 0 Å². The zero-order valence-electron chi connectivity index (χ0n) is 9.99. The standard InChI is InChI=1S/C14H16N2O/c1-9-4-11-6-13-10(7-14(11)17-9)5-12-8-15-2-3-16(12)13/h5-7,9,15H,2-4,8H2,1H3. The third-order valence-corrected chi connectivity index (χ3v) is 3.82. The Bertz CT molecular complexity index is 600. The summed E-state index contributed by atoms with van der Waals surface area (Å²) in [6.45, 7) is 5.27. The molecule has 17 heavy (non-hydrogen) atoms. The van der Waals surface area contributed by atoms with Gasteiger partial charge in [0, 0.05) is 42.7 Å². The van der Waals surface area contributed by atoms with Gasteiger partial charge in [-0.3, -0.25) is 0 Å². The number of aromatic nitrogens is 1. The molecule has 3 heteroatoms. The van der Waals surface area contributed by atoms with Gasteiger partial charge in [-0.2, -0.15) is 0 Å². The summed E-state index contributed by atoms with van der Waals surface area (Å²) in [5.41, 5.74) is 4.13. The number of nitrogens with one attached hydrogen (secondary N) is 1. The van der Waals surface area contributed by atoms with E-state index in [-0.39, 0.29) is 0 Å². The Morgan fingerprint density at radius 1 is 1.35 bits per heavy atom. The summed E-state index contributed by atoms with van der Waals surface area (Å²) in [6, 6.07) is 6.82. The van der Waals surface area contributed by atoms with Crippen LogP contribution in [-0.2, 0) is 19.5 Å². The van der Waals surface area contributed by atoms with Crippen molar-refractivity contribution in [2.45, 2.75) is 32.5 Å². The topological polar surface area (TPSA) is 26.2 Å². The van der Waals surface area contributed by atoms with Crippen molar-refractivity contribution in [3.63, 3.8) is 0 Å². The summed E-state index contributed by atoms with van der Waals surface area (Å²) in [7, 11) is 0. The highest BCUT2D eigenvalue weighted by atomic mass is 16.5. The molecule has 1 unspecified atom stereocenters. The maximum absolute atomic E-state index is 5.82. The average molecular weight is 228 g/mol. The SMILES string of the molecule is CC1Cc2cc3c(cc2O1)cc1n3CCNC1. The number of benzene rings is 1. The van der Waals surface area contributed by atoms with Crippen LogP contribution in [0.3, 0.4) is 0 Å². The van der Waals surface area contributed by atoms with E-state index in [1.165, 1.54) is 22.2 Å². The Kier molecular flexibility index (Phi) is 1.83. The molecule has 2 aromatic rings. The van der Waals surface area contributed by atoms with E-state index in [4.69, 9.17) is 4.74 Å². The number of nitrogens with zero attached hydrogens (tertiary/aromatic N) is 1. The summed E-state index contributed by atoms with van der Waals surface area (Å²) in [5, 5.41) is 4.73. The van der Waals surface area contributed by atoms with Gasteiger partial charge < -0.3 is 14.6 Å². The molecule has 1 N–H and O–H groups in total. The first kappa shape index (κ1) is 9.54. The van der Waals surface area contributed by atoms with Crippen LogP contribution in [0.4, 0.5) is 0 Å². The molecule has 3 nitrogen and oxygen atoms in total. The van der Waals surface area contributed by atoms with E-state index in [0.29, 0.717) is 6.10 Å². The smallest absolute Gasteiger partial charge is 0.123 e. The lowest BCUT2D eigenvalue weighted by Crippen LogP contribution is -2.27. The molecule has 2 aliphatic heterocycles. The highest BCUT2D eigenvalue weighted by molar-refractivity contribution is 5.84. The second-order valence-electron chi connectivity index (χ2n) is 5.12. The van der Waals surface area contributed by atoms with Gasteiger partial charge in [-0.1, -0.05) is 0 Å². The Balaban J connectivity index is 1.95. The zero-order valence-corrected chi connectivity index (χ0v) is 9.99. The second-order valence-corrected chi connectivity index (χ2v) is 5.12. The number of hydrogen-bond donors (Lipinski definition) is 1. The van der Waals surface area contributed by atoms with Crippen molar-refractivity contribution in [1.29, 1.82) is 0 Å². The fourth-order valence-electron chi connectivity index (χ4n) is 3.04. The van der Waals surface area contributed by atoms with Gasteiger partial charge in [-0.05, 0) is 30.7 Å². The fraction of sp³-hybridized carbons (Fsp3) is 0.429. The Morgan fingerprint density at radius 2 is 2.29 bits per heavy atom. The zero-order chi connectivity index (χ0) is 11.4. The molecule has 0 fully saturated rings. The third kappa shape index (κ3) is 1.32. The molecule has 0 amide bonds. The van der Waals surface area contributed by atoms with Crippen LogP contribution in [0.15, 0.2) is 18.2 Å². The number of rotatable bonds is 0. The fourth-order valence-corrected chi connectivity index (χ4v) is 3.04. The minimum atomic E-state index is 0.332. The van der Waals surface area contributed by atoms with E-state index in [1.807, 2.05) is 0 Å². The normalized spacial score (nSPS) is 22.3. The average Bonchev–Trinajstić information content (AvgIpc) is 2.84. The monoisotopic (exact) mass is 228 g/mol. The number of fused-ring (bicyclic) bond motifs is 4. The van der Waals surface area contributed by atoms with Crippen LogP contribution >= 0.6 is 0 Å². The van der Waals surface area contributed by atoms with Crippen LogP contribution in [0, 0.1) is 0 Å². The van der Waals surface area contributed by atoms with Gasteiger partial charge in [0.25, 0.3) is 0 Å². The van der Waals surface area contributed by atoms with Crippen LogP contribution in [0.5, 0.6) is 5.75 Å². The van der Waals surface area contributed by atoms with Gasteiger partial charge in [0.2, 0.25) is 0 Å². The highest BCUT2D eigenvalue weighted by Gasteiger charge is 2.21. The van der Waals surface area contributed by atoms with Crippen molar-refractivity contribution in [3.05, 3.63) is 29.5 Å². The molecule has 1 aromatic heterocycles. The van der Waals surface area contributed by atoms with Crippen LogP contribution in [0.2, 0.25) is 0 Å². The van der Waals surface area contributed by atoms with Crippen molar-refractivity contribution in [1.82, 2.24) is 9.88 Å². The van der Waals surface area contributed by atoms with Gasteiger partial charge in [-0.25, -0.2) is 0 Å². The molecule has 88 valence electrons. The van der Waals surface area contributed by atoms with Gasteiger partial charge >= 0.3 is 0 Å². The lowest BCUT2D eigenvalue weighted by atomic mass is 10.1. The molecule has 3 heterocycles. The van der Waals surface area contributed by atoms with E-state index in [0.717, 1.165) is 31.8 Å². The molecular weight excluding hydrogens is 212 g/mol. The van der Waals surface area contributed by atoms with Crippen molar-refractivity contribution in [2.75, 3.05) is 6.54 Å². The molecule has 0 saturated heterocycles. The second kappa shape index (κ2) is 3.26. The lowest BCUT2D eigenvalue weighted by Gasteiger charge is -2.17. The summed E-state index contributed by atoms with van der Waals surface area (Å²) >= 11 is 0. The molecule has 2 aliphatic rings. The minimum absolute atomic E-state index is 0.332. The molecule has 0 aliphatic carbocycles. The molecule has 1 atom stereocenters. The van der Waals surface area contributed by atoms with E-state index in [2.05, 4.69) is 35.0 Å². The summed E-state index contributed by atoms with van der Waals surface area (Å²) in [4.78, 5) is 0. The Labute approximate surface area is 100 Å². The largest absolute Gasteiger partial charge is 0.490 e. The maximum atomic E-state index is 5.82. The number of ether oxygens (including phenoxy) is 1. The minimum Gasteiger partial charge on any atom is -0.490 e. The van der Waals surface area contributed by atoms with E-state index in [9.17, 15) is 0 Å². The Hall–Kier alpha value is -1.48. The van der Waals surface area contributed by atoms with Gasteiger partial charge in [0.1, 0.15) is 11.9 Å². The summed E-state index contributed by atoms with van der Waals surface area (Å²) < 4.78 is 8.26. The summed E-state index contributed by atoms with van der Waals surface area (Å²) in [6.07, 6.45) is 1.38. The van der Waals surface area contributed by atoms with Crippen LogP contribution in [0.1, 0.15) is 18.2 Å². The molecule has 0 spiro atoms. The van der Waals surface area contributed by atoms with Crippen LogP contribution in [0.25, 0.3) is 10.9 Å². The molecule has 1 aromatic carbocycles. The highest BCUT2D eigenvalue weighted by Crippen LogP contribution is 2.34. The van der Waals surface area contributed by atoms with Crippen molar-refractivity contribution >= 4 is 10.9 Å². The Morgan fingerprint density at radius 3 is 3.24 bits per heavy atom. The first-order chi connectivity index (χ1) is 8.31. The molecule has 0 radical (unpaired) electrons. The molecular formula is C14H16N2O.